The van der Waals surface area contributed by atoms with Crippen LogP contribution in [0.1, 0.15) is 24.4 Å². The van der Waals surface area contributed by atoms with E-state index in [0.29, 0.717) is 12.8 Å². The Bertz CT molecular complexity index is 304. The molecule has 1 atom stereocenters. The van der Waals surface area contributed by atoms with Crippen molar-refractivity contribution in [2.45, 2.75) is 18.9 Å². The first kappa shape index (κ1) is 11.5. The molecule has 0 bridgehead atoms. The Hall–Kier alpha value is -0.580. The quantitative estimate of drug-likeness (QED) is 0.774. The van der Waals surface area contributed by atoms with Gasteiger partial charge in [0, 0.05) is 22.7 Å². The molecular formula is C10H14BrNO2. The van der Waals surface area contributed by atoms with Crippen molar-refractivity contribution < 1.29 is 10.2 Å². The van der Waals surface area contributed by atoms with Crippen molar-refractivity contribution in [2.24, 2.45) is 5.73 Å². The number of phenols is 1. The second kappa shape index (κ2) is 5.34. The van der Waals surface area contributed by atoms with E-state index in [2.05, 4.69) is 15.9 Å². The normalized spacial score (nSPS) is 12.8. The molecule has 0 heterocycles. The number of phenolic OH excluding ortho intramolecular Hbond substituents is 1. The molecule has 0 aliphatic carbocycles. The fraction of sp³-hybridized carbons (Fsp3) is 0.400. The highest BCUT2D eigenvalue weighted by atomic mass is 79.9. The van der Waals surface area contributed by atoms with E-state index >= 15 is 0 Å². The van der Waals surface area contributed by atoms with Gasteiger partial charge >= 0.3 is 0 Å². The summed E-state index contributed by atoms with van der Waals surface area (Å²) < 4.78 is 0.827. The van der Waals surface area contributed by atoms with Crippen LogP contribution in [-0.2, 0) is 0 Å². The Morgan fingerprint density at radius 2 is 2.14 bits per heavy atom. The lowest BCUT2D eigenvalue weighted by Gasteiger charge is -2.12. The third kappa shape index (κ3) is 2.97. The minimum Gasteiger partial charge on any atom is -0.508 e. The third-order valence-corrected chi connectivity index (χ3v) is 2.56. The summed E-state index contributed by atoms with van der Waals surface area (Å²) >= 11 is 3.26. The molecule has 4 N–H and O–H groups in total. The highest BCUT2D eigenvalue weighted by Gasteiger charge is 2.10. The Morgan fingerprint density at radius 1 is 1.43 bits per heavy atom. The Morgan fingerprint density at radius 3 is 2.71 bits per heavy atom. The van der Waals surface area contributed by atoms with Gasteiger partial charge in [-0.05, 0) is 25.0 Å². The van der Waals surface area contributed by atoms with E-state index in [0.717, 1.165) is 10.0 Å². The third-order valence-electron chi connectivity index (χ3n) is 2.07. The van der Waals surface area contributed by atoms with Crippen LogP contribution in [0.2, 0.25) is 0 Å². The average Bonchev–Trinajstić information content (AvgIpc) is 2.14. The first-order valence-corrected chi connectivity index (χ1v) is 5.29. The summed E-state index contributed by atoms with van der Waals surface area (Å²) in [6.45, 7) is 0.130. The van der Waals surface area contributed by atoms with Crippen molar-refractivity contribution in [3.8, 4) is 5.75 Å². The zero-order valence-electron chi connectivity index (χ0n) is 7.78. The lowest BCUT2D eigenvalue weighted by Crippen LogP contribution is -2.10. The molecular weight excluding hydrogens is 246 g/mol. The summed E-state index contributed by atoms with van der Waals surface area (Å²) in [5.41, 5.74) is 6.57. The zero-order valence-corrected chi connectivity index (χ0v) is 9.37. The Kier molecular flexibility index (Phi) is 4.38. The maximum Gasteiger partial charge on any atom is 0.121 e. The summed E-state index contributed by atoms with van der Waals surface area (Å²) in [5, 5.41) is 18.2. The van der Waals surface area contributed by atoms with Crippen LogP contribution in [0.3, 0.4) is 0 Å². The fourth-order valence-corrected chi connectivity index (χ4v) is 1.65. The molecule has 0 saturated heterocycles. The lowest BCUT2D eigenvalue weighted by atomic mass is 10.0. The van der Waals surface area contributed by atoms with Crippen LogP contribution < -0.4 is 5.73 Å². The van der Waals surface area contributed by atoms with Crippen LogP contribution in [0.4, 0.5) is 0 Å². The van der Waals surface area contributed by atoms with Gasteiger partial charge < -0.3 is 15.9 Å². The molecule has 0 aliphatic heterocycles. The van der Waals surface area contributed by atoms with Gasteiger partial charge in [0.25, 0.3) is 0 Å². The number of rotatable bonds is 4. The van der Waals surface area contributed by atoms with Crippen molar-refractivity contribution in [3.63, 3.8) is 0 Å². The standard InChI is InChI=1S/C10H14BrNO2/c11-7-3-4-8(10(14)6-7)9(12)2-1-5-13/h3-4,6,9,13-14H,1-2,5,12H2/t9-/m0/s1. The first-order valence-electron chi connectivity index (χ1n) is 4.50. The van der Waals surface area contributed by atoms with E-state index in [1.54, 1.807) is 12.1 Å². The van der Waals surface area contributed by atoms with E-state index in [4.69, 9.17) is 10.8 Å². The summed E-state index contributed by atoms with van der Waals surface area (Å²) in [6.07, 6.45) is 1.32. The summed E-state index contributed by atoms with van der Waals surface area (Å²) in [5.74, 6) is 0.199. The van der Waals surface area contributed by atoms with Gasteiger partial charge in [0.2, 0.25) is 0 Å². The predicted molar refractivity (Wildman–Crippen MR) is 59.1 cm³/mol. The molecule has 1 aromatic rings. The number of hydrogen-bond donors (Lipinski definition) is 3. The molecule has 14 heavy (non-hydrogen) atoms. The van der Waals surface area contributed by atoms with Crippen molar-refractivity contribution >= 4 is 15.9 Å². The van der Waals surface area contributed by atoms with Crippen LogP contribution in [0.15, 0.2) is 22.7 Å². The molecule has 0 radical (unpaired) electrons. The zero-order chi connectivity index (χ0) is 10.6. The highest BCUT2D eigenvalue weighted by Crippen LogP contribution is 2.28. The Balaban J connectivity index is 2.74. The van der Waals surface area contributed by atoms with Gasteiger partial charge in [-0.2, -0.15) is 0 Å². The van der Waals surface area contributed by atoms with Crippen molar-refractivity contribution in [1.29, 1.82) is 0 Å². The second-order valence-electron chi connectivity index (χ2n) is 3.18. The minimum absolute atomic E-state index is 0.130. The lowest BCUT2D eigenvalue weighted by molar-refractivity contribution is 0.279. The number of halogens is 1. The van der Waals surface area contributed by atoms with Crippen molar-refractivity contribution in [3.05, 3.63) is 28.2 Å². The van der Waals surface area contributed by atoms with Gasteiger partial charge in [-0.3, -0.25) is 0 Å². The topological polar surface area (TPSA) is 66.5 Å². The number of aromatic hydroxyl groups is 1. The molecule has 0 aliphatic rings. The van der Waals surface area contributed by atoms with Crippen LogP contribution >= 0.6 is 15.9 Å². The maximum atomic E-state index is 9.59. The van der Waals surface area contributed by atoms with E-state index in [9.17, 15) is 5.11 Å². The van der Waals surface area contributed by atoms with Gasteiger partial charge in [-0.1, -0.05) is 22.0 Å². The molecule has 1 aromatic carbocycles. The minimum atomic E-state index is -0.213. The van der Waals surface area contributed by atoms with E-state index in [1.807, 2.05) is 6.07 Å². The molecule has 78 valence electrons. The summed E-state index contributed by atoms with van der Waals surface area (Å²) in [6, 6.07) is 5.04. The largest absolute Gasteiger partial charge is 0.508 e. The summed E-state index contributed by atoms with van der Waals surface area (Å²) in [7, 11) is 0. The van der Waals surface area contributed by atoms with Crippen LogP contribution in [0.25, 0.3) is 0 Å². The molecule has 1 rings (SSSR count). The average molecular weight is 260 g/mol. The van der Waals surface area contributed by atoms with Crippen molar-refractivity contribution in [1.82, 2.24) is 0 Å². The van der Waals surface area contributed by atoms with E-state index in [1.165, 1.54) is 0 Å². The molecule has 4 heteroatoms. The van der Waals surface area contributed by atoms with Gasteiger partial charge in [0.1, 0.15) is 5.75 Å². The molecule has 0 saturated carbocycles. The first-order chi connectivity index (χ1) is 6.65. The molecule has 0 spiro atoms. The van der Waals surface area contributed by atoms with Gasteiger partial charge in [-0.15, -0.1) is 0 Å². The van der Waals surface area contributed by atoms with Crippen LogP contribution in [-0.4, -0.2) is 16.8 Å². The summed E-state index contributed by atoms with van der Waals surface area (Å²) in [4.78, 5) is 0. The second-order valence-corrected chi connectivity index (χ2v) is 4.09. The number of hydrogen-bond acceptors (Lipinski definition) is 3. The molecule has 0 amide bonds. The van der Waals surface area contributed by atoms with Crippen LogP contribution in [0, 0.1) is 0 Å². The fourth-order valence-electron chi connectivity index (χ4n) is 1.30. The van der Waals surface area contributed by atoms with E-state index < -0.39 is 0 Å². The number of aliphatic hydroxyl groups excluding tert-OH is 1. The SMILES string of the molecule is N[C@@H](CCCO)c1ccc(Br)cc1O. The highest BCUT2D eigenvalue weighted by molar-refractivity contribution is 9.10. The maximum absolute atomic E-state index is 9.59. The van der Waals surface area contributed by atoms with Gasteiger partial charge in [0.15, 0.2) is 0 Å². The predicted octanol–water partition coefficient (Wildman–Crippen LogP) is 1.93. The molecule has 0 aromatic heterocycles. The van der Waals surface area contributed by atoms with Crippen molar-refractivity contribution in [2.75, 3.05) is 6.61 Å². The smallest absolute Gasteiger partial charge is 0.121 e. The Labute approximate surface area is 91.7 Å². The van der Waals surface area contributed by atoms with Gasteiger partial charge in [0.05, 0.1) is 0 Å². The number of nitrogens with two attached hydrogens (primary N) is 1. The monoisotopic (exact) mass is 259 g/mol. The molecule has 0 fully saturated rings. The number of benzene rings is 1. The van der Waals surface area contributed by atoms with Gasteiger partial charge in [-0.25, -0.2) is 0 Å². The molecule has 3 nitrogen and oxygen atoms in total. The van der Waals surface area contributed by atoms with Crippen LogP contribution in [0.5, 0.6) is 5.75 Å². The molecule has 0 unspecified atom stereocenters. The number of aliphatic hydroxyl groups is 1. The van der Waals surface area contributed by atoms with E-state index in [-0.39, 0.29) is 18.4 Å².